The minimum atomic E-state index is -4.49. The normalized spacial score (nSPS) is 12.4. The fraction of sp³-hybridized carbons (Fsp3) is 0.300. The number of anilines is 5. The van der Waals surface area contributed by atoms with Crippen molar-refractivity contribution >= 4 is 103 Å². The number of hydrogen-bond donors (Lipinski definition) is 3. The predicted octanol–water partition coefficient (Wildman–Crippen LogP) is 13.0. The van der Waals surface area contributed by atoms with Gasteiger partial charge in [0.25, 0.3) is 20.2 Å². The van der Waals surface area contributed by atoms with Crippen molar-refractivity contribution < 1.29 is 25.9 Å². The number of aryl methyl sites for hydroxylation is 7. The van der Waals surface area contributed by atoms with Gasteiger partial charge in [-0.1, -0.05) is 107 Å². The molecule has 16 nitrogen and oxygen atoms in total. The van der Waals surface area contributed by atoms with Crippen LogP contribution in [-0.2, 0) is 51.3 Å². The van der Waals surface area contributed by atoms with Gasteiger partial charge in [0.05, 0.1) is 41.6 Å². The van der Waals surface area contributed by atoms with Gasteiger partial charge < -0.3 is 5.32 Å². The summed E-state index contributed by atoms with van der Waals surface area (Å²) < 4.78 is 70.8. The van der Waals surface area contributed by atoms with Crippen LogP contribution in [0.3, 0.4) is 0 Å². The maximum atomic E-state index is 12.3. The Bertz CT molecular complexity index is 3640. The first-order valence-electron chi connectivity index (χ1n) is 22.6. The maximum Gasteiger partial charge on any atom is 0.294 e. The molecule has 0 fully saturated rings. The largest absolute Gasteiger partial charge is 0.338 e. The summed E-state index contributed by atoms with van der Waals surface area (Å²) in [6.45, 7) is 20.2. The number of nitrogens with one attached hydrogen (secondary N) is 1. The van der Waals surface area contributed by atoms with Crippen LogP contribution in [0.2, 0.25) is 0 Å². The van der Waals surface area contributed by atoms with Crippen molar-refractivity contribution in [3.63, 3.8) is 0 Å². The fourth-order valence-electron chi connectivity index (χ4n) is 8.48. The second-order valence-electron chi connectivity index (χ2n) is 18.0. The van der Waals surface area contributed by atoms with Crippen molar-refractivity contribution in [1.29, 1.82) is 5.26 Å². The molecule has 0 aliphatic carbocycles. The van der Waals surface area contributed by atoms with E-state index in [1.165, 1.54) is 46.4 Å². The number of fused-ring (bicyclic) bond motifs is 2. The van der Waals surface area contributed by atoms with E-state index in [1.54, 1.807) is 6.07 Å². The molecule has 20 heteroatoms. The third kappa shape index (κ3) is 9.69. The molecule has 0 bridgehead atoms. The highest BCUT2D eigenvalue weighted by Gasteiger charge is 2.31. The fourth-order valence-corrected chi connectivity index (χ4v) is 11.6. The Labute approximate surface area is 415 Å². The van der Waals surface area contributed by atoms with E-state index in [-0.39, 0.29) is 21.2 Å². The Morgan fingerprint density at radius 2 is 1.26 bits per heavy atom. The number of nitriles is 1. The molecule has 0 spiro atoms. The van der Waals surface area contributed by atoms with Crippen molar-refractivity contribution in [1.82, 2.24) is 24.7 Å². The molecule has 8 rings (SSSR count). The number of benzene rings is 4. The van der Waals surface area contributed by atoms with Crippen molar-refractivity contribution in [3.8, 4) is 11.2 Å². The average molecular weight is 1020 g/mol. The Morgan fingerprint density at radius 1 is 0.729 bits per heavy atom. The highest BCUT2D eigenvalue weighted by atomic mass is 32.2. The summed E-state index contributed by atoms with van der Waals surface area (Å²) in [5, 5.41) is 29.9. The summed E-state index contributed by atoms with van der Waals surface area (Å²) in [6, 6.07) is 21.2. The van der Waals surface area contributed by atoms with Crippen molar-refractivity contribution in [2.24, 2.45) is 10.2 Å². The first-order chi connectivity index (χ1) is 33.1. The second kappa shape index (κ2) is 19.0. The number of pyridine rings is 1. The average Bonchev–Trinajstić information content (AvgIpc) is 4.03. The van der Waals surface area contributed by atoms with Crippen LogP contribution in [0, 0.1) is 32.1 Å². The molecule has 0 atom stereocenters. The Morgan fingerprint density at radius 3 is 1.77 bits per heavy atom. The van der Waals surface area contributed by atoms with Crippen LogP contribution in [-0.4, -0.2) is 50.7 Å². The Kier molecular flexibility index (Phi) is 13.6. The lowest BCUT2D eigenvalue weighted by atomic mass is 9.90. The van der Waals surface area contributed by atoms with Gasteiger partial charge in [0.1, 0.15) is 23.1 Å². The van der Waals surface area contributed by atoms with Crippen LogP contribution in [0.5, 0.6) is 0 Å². The summed E-state index contributed by atoms with van der Waals surface area (Å²) in [4.78, 5) is 16.7. The van der Waals surface area contributed by atoms with Gasteiger partial charge in [-0.05, 0) is 117 Å². The molecule has 70 heavy (non-hydrogen) atoms. The number of azo groups is 1. The van der Waals surface area contributed by atoms with E-state index in [0.29, 0.717) is 85.0 Å². The highest BCUT2D eigenvalue weighted by molar-refractivity contribution is 7.86. The van der Waals surface area contributed by atoms with Gasteiger partial charge in [-0.25, -0.2) is 15.0 Å². The molecule has 0 aliphatic heterocycles. The van der Waals surface area contributed by atoms with Crippen molar-refractivity contribution in [3.05, 3.63) is 117 Å². The summed E-state index contributed by atoms with van der Waals surface area (Å²) in [5.41, 5.74) is 10.2. The third-order valence-corrected chi connectivity index (χ3v) is 15.5. The van der Waals surface area contributed by atoms with Crippen LogP contribution in [0.25, 0.3) is 25.6 Å². The summed E-state index contributed by atoms with van der Waals surface area (Å²) in [7, 11) is -8.99. The van der Waals surface area contributed by atoms with Gasteiger partial charge in [-0.2, -0.15) is 31.9 Å². The third-order valence-electron chi connectivity index (χ3n) is 11.8. The lowest BCUT2D eigenvalue weighted by Gasteiger charge is -2.28. The van der Waals surface area contributed by atoms with Gasteiger partial charge in [0.15, 0.2) is 16.8 Å². The predicted molar refractivity (Wildman–Crippen MR) is 278 cm³/mol. The molecule has 0 amide bonds. The molecule has 4 aromatic carbocycles. The zero-order chi connectivity index (χ0) is 50.6. The van der Waals surface area contributed by atoms with E-state index >= 15 is 0 Å². The molecule has 3 N–H and O–H groups in total. The smallest absolute Gasteiger partial charge is 0.294 e. The van der Waals surface area contributed by atoms with E-state index in [4.69, 9.17) is 30.3 Å². The first kappa shape index (κ1) is 49.9. The maximum absolute atomic E-state index is 12.3. The zero-order valence-electron chi connectivity index (χ0n) is 40.4. The highest BCUT2D eigenvalue weighted by Crippen LogP contribution is 2.46. The number of nitrogens with zero attached hydrogens (tertiary/aromatic N) is 9. The van der Waals surface area contributed by atoms with Gasteiger partial charge in [-0.15, -0.1) is 10.2 Å². The van der Waals surface area contributed by atoms with Crippen LogP contribution >= 0.6 is 22.7 Å². The molecular weight excluding hydrogens is 965 g/mol. The van der Waals surface area contributed by atoms with E-state index in [1.807, 2.05) is 38.7 Å². The van der Waals surface area contributed by atoms with E-state index in [0.717, 1.165) is 56.1 Å². The molecular formula is C50H52N10O6S4. The second-order valence-corrected chi connectivity index (χ2v) is 22.8. The van der Waals surface area contributed by atoms with Crippen molar-refractivity contribution in [2.75, 3.05) is 10.2 Å². The zero-order valence-corrected chi connectivity index (χ0v) is 43.6. The monoisotopic (exact) mass is 1020 g/mol. The Balaban J connectivity index is 1.40. The molecule has 0 saturated carbocycles. The van der Waals surface area contributed by atoms with Crippen LogP contribution in [0.4, 0.5) is 39.6 Å². The summed E-state index contributed by atoms with van der Waals surface area (Å²) in [5.74, 6) is 0.934. The quantitative estimate of drug-likeness (QED) is 0.0681. The standard InChI is InChI=1S/C50H52N10O6S4/c1-11-30-19-27(5)20-31(12-2)43(30)55-46-42(56-57-47-36(26-51)45(50(8,9)10)58-60(47)49-53-38-18-16-35(70(64,65)66)25-40(38)68-49)29(7)23-41(54-46)59(44-32(13-3)21-28(6)22-33(44)14-4)48-52-37-17-15-34(69(61,62)63)24-39(37)67-48/h15-25H,11-14H2,1-10H3,(H,54,55)(H,61,62,63)(H,64,65,66). The molecule has 8 aromatic rings. The molecule has 0 aliphatic rings. The lowest BCUT2D eigenvalue weighted by Crippen LogP contribution is -2.17. The lowest BCUT2D eigenvalue weighted by molar-refractivity contribution is 0.481. The number of aromatic nitrogens is 5. The molecule has 0 unspecified atom stereocenters. The van der Waals surface area contributed by atoms with E-state index < -0.39 is 25.7 Å². The van der Waals surface area contributed by atoms with Gasteiger partial charge in [-0.3, -0.25) is 14.0 Å². The van der Waals surface area contributed by atoms with Crippen LogP contribution in [0.15, 0.2) is 86.7 Å². The van der Waals surface area contributed by atoms with Crippen molar-refractivity contribution in [2.45, 2.75) is 110 Å². The van der Waals surface area contributed by atoms with E-state index in [9.17, 15) is 31.2 Å². The molecule has 362 valence electrons. The molecule has 0 saturated heterocycles. The van der Waals surface area contributed by atoms with Gasteiger partial charge in [0.2, 0.25) is 5.13 Å². The van der Waals surface area contributed by atoms with Gasteiger partial charge >= 0.3 is 0 Å². The topological polar surface area (TPSA) is 229 Å². The SMILES string of the molecule is CCc1cc(C)cc(CC)c1Nc1nc(N(c2nc3ccc(S(=O)(=O)O)cc3s2)c2c(CC)cc(C)cc2CC)cc(C)c1N=Nc1c(C#N)c(C(C)(C)C)nn1-c1nc2ccc(S(=O)(=O)O)cc2s1. The minimum absolute atomic E-state index is 0.0925. The molecule has 4 aromatic heterocycles. The molecule has 0 radical (unpaired) electrons. The number of thiazole rings is 2. The van der Waals surface area contributed by atoms with Crippen LogP contribution in [0.1, 0.15) is 98.7 Å². The van der Waals surface area contributed by atoms with Crippen LogP contribution < -0.4 is 10.2 Å². The van der Waals surface area contributed by atoms with Gasteiger partial charge in [0, 0.05) is 11.1 Å². The molecule has 4 heterocycles. The number of rotatable bonds is 14. The first-order valence-corrected chi connectivity index (χ1v) is 27.1. The number of hydrogen-bond acceptors (Lipinski definition) is 15. The minimum Gasteiger partial charge on any atom is -0.338 e. The summed E-state index contributed by atoms with van der Waals surface area (Å²) in [6.07, 6.45) is 2.79. The Hall–Kier alpha value is -6.47. The van der Waals surface area contributed by atoms with E-state index in [2.05, 4.69) is 77.2 Å². The summed E-state index contributed by atoms with van der Waals surface area (Å²) >= 11 is 2.38.